The predicted octanol–water partition coefficient (Wildman–Crippen LogP) is 4.42. The maximum Gasteiger partial charge on any atom is 0.227 e. The topological polar surface area (TPSA) is 55.1 Å². The number of amides is 1. The lowest BCUT2D eigenvalue weighted by Crippen LogP contribution is -2.23. The Morgan fingerprint density at radius 1 is 1.18 bits per heavy atom. The molecule has 0 radical (unpaired) electrons. The quantitative estimate of drug-likeness (QED) is 0.861. The molecule has 2 unspecified atom stereocenters. The van der Waals surface area contributed by atoms with Gasteiger partial charge >= 0.3 is 0 Å². The van der Waals surface area contributed by atoms with Crippen LogP contribution in [-0.4, -0.2) is 11.9 Å². The summed E-state index contributed by atoms with van der Waals surface area (Å²) < 4.78 is 0. The molecule has 1 aromatic rings. The first kappa shape index (κ1) is 19.0. The lowest BCUT2D eigenvalue weighted by atomic mass is 9.94. The van der Waals surface area contributed by atoms with Crippen molar-refractivity contribution in [3.63, 3.8) is 0 Å². The maximum absolute atomic E-state index is 12.4. The van der Waals surface area contributed by atoms with Gasteiger partial charge in [-0.25, -0.2) is 0 Å². The van der Waals surface area contributed by atoms with Gasteiger partial charge in [-0.2, -0.15) is 0 Å². The van der Waals surface area contributed by atoms with E-state index >= 15 is 0 Å². The van der Waals surface area contributed by atoms with Gasteiger partial charge in [-0.15, -0.1) is 12.4 Å². The molecule has 3 nitrogen and oxygen atoms in total. The molecule has 1 fully saturated rings. The van der Waals surface area contributed by atoms with E-state index in [9.17, 15) is 4.79 Å². The van der Waals surface area contributed by atoms with Gasteiger partial charge in [0.2, 0.25) is 5.91 Å². The minimum atomic E-state index is 0. The summed E-state index contributed by atoms with van der Waals surface area (Å²) in [4.78, 5) is 12.4. The zero-order valence-electron chi connectivity index (χ0n) is 14.1. The molecule has 1 aliphatic carbocycles. The van der Waals surface area contributed by atoms with Gasteiger partial charge < -0.3 is 11.1 Å². The molecule has 2 atom stereocenters. The second-order valence-electron chi connectivity index (χ2n) is 6.92. The zero-order valence-corrected chi connectivity index (χ0v) is 14.9. The van der Waals surface area contributed by atoms with Crippen molar-refractivity contribution in [3.8, 4) is 0 Å². The van der Waals surface area contributed by atoms with Gasteiger partial charge in [-0.05, 0) is 48.3 Å². The van der Waals surface area contributed by atoms with E-state index in [2.05, 4.69) is 51.2 Å². The molecule has 1 aromatic carbocycles. The molecule has 4 heteroatoms. The molecule has 22 heavy (non-hydrogen) atoms. The van der Waals surface area contributed by atoms with Crippen LogP contribution in [0.3, 0.4) is 0 Å². The summed E-state index contributed by atoms with van der Waals surface area (Å²) in [6, 6.07) is 6.59. The molecule has 3 N–H and O–H groups in total. The Labute approximate surface area is 140 Å². The summed E-state index contributed by atoms with van der Waals surface area (Å²) in [5.41, 5.74) is 9.40. The Bertz CT molecular complexity index is 514. The summed E-state index contributed by atoms with van der Waals surface area (Å²) in [7, 11) is 0. The zero-order chi connectivity index (χ0) is 15.6. The Morgan fingerprint density at radius 2 is 1.86 bits per heavy atom. The summed E-state index contributed by atoms with van der Waals surface area (Å²) in [5, 5.41) is 3.13. The van der Waals surface area contributed by atoms with E-state index in [0.717, 1.165) is 24.9 Å². The maximum atomic E-state index is 12.4. The minimum Gasteiger partial charge on any atom is -0.328 e. The monoisotopic (exact) mass is 324 g/mol. The highest BCUT2D eigenvalue weighted by Crippen LogP contribution is 2.30. The SMILES string of the molecule is CC(C)c1ccc(NC(=O)C2CCC(N)C2)c(C(C)C)c1.Cl. The van der Waals surface area contributed by atoms with Crippen LogP contribution in [0.4, 0.5) is 5.69 Å². The van der Waals surface area contributed by atoms with Crippen LogP contribution in [0.5, 0.6) is 0 Å². The molecule has 124 valence electrons. The van der Waals surface area contributed by atoms with E-state index in [1.54, 1.807) is 0 Å². The van der Waals surface area contributed by atoms with E-state index in [-0.39, 0.29) is 30.3 Å². The number of anilines is 1. The first-order chi connectivity index (χ1) is 9.88. The molecule has 2 rings (SSSR count). The van der Waals surface area contributed by atoms with E-state index in [1.807, 2.05) is 0 Å². The van der Waals surface area contributed by atoms with Crippen LogP contribution in [0.1, 0.15) is 69.9 Å². The number of rotatable bonds is 4. The number of hydrogen-bond donors (Lipinski definition) is 2. The molecular weight excluding hydrogens is 296 g/mol. The number of nitrogens with two attached hydrogens (primary N) is 1. The Balaban J connectivity index is 0.00000242. The third-order valence-electron chi connectivity index (χ3n) is 4.47. The average Bonchev–Trinajstić information content (AvgIpc) is 2.85. The second-order valence-corrected chi connectivity index (χ2v) is 6.92. The van der Waals surface area contributed by atoms with Crippen molar-refractivity contribution in [1.29, 1.82) is 0 Å². The average molecular weight is 325 g/mol. The van der Waals surface area contributed by atoms with Crippen molar-refractivity contribution in [2.24, 2.45) is 11.7 Å². The lowest BCUT2D eigenvalue weighted by molar-refractivity contribution is -0.119. The molecule has 0 aliphatic heterocycles. The van der Waals surface area contributed by atoms with Crippen LogP contribution in [0, 0.1) is 5.92 Å². The summed E-state index contributed by atoms with van der Waals surface area (Å²) >= 11 is 0. The van der Waals surface area contributed by atoms with E-state index in [0.29, 0.717) is 11.8 Å². The van der Waals surface area contributed by atoms with E-state index < -0.39 is 0 Å². The number of halogens is 1. The van der Waals surface area contributed by atoms with Gasteiger partial charge in [0.05, 0.1) is 0 Å². The summed E-state index contributed by atoms with van der Waals surface area (Å²) in [5.74, 6) is 1.09. The van der Waals surface area contributed by atoms with Crippen molar-refractivity contribution in [2.45, 2.75) is 64.8 Å². The predicted molar refractivity (Wildman–Crippen MR) is 95.8 cm³/mol. The highest BCUT2D eigenvalue weighted by molar-refractivity contribution is 5.93. The van der Waals surface area contributed by atoms with Crippen molar-refractivity contribution in [3.05, 3.63) is 29.3 Å². The number of nitrogens with one attached hydrogen (secondary N) is 1. The van der Waals surface area contributed by atoms with Gasteiger partial charge in [0.1, 0.15) is 0 Å². The molecule has 0 bridgehead atoms. The van der Waals surface area contributed by atoms with Crippen LogP contribution in [0.15, 0.2) is 18.2 Å². The molecular formula is C18H29ClN2O. The van der Waals surface area contributed by atoms with Crippen molar-refractivity contribution in [2.75, 3.05) is 5.32 Å². The highest BCUT2D eigenvalue weighted by atomic mass is 35.5. The molecule has 0 spiro atoms. The van der Waals surface area contributed by atoms with E-state index in [4.69, 9.17) is 5.73 Å². The van der Waals surface area contributed by atoms with Gasteiger partial charge in [0.15, 0.2) is 0 Å². The van der Waals surface area contributed by atoms with Crippen molar-refractivity contribution < 1.29 is 4.79 Å². The fraction of sp³-hybridized carbons (Fsp3) is 0.611. The normalized spacial score (nSPS) is 21.0. The number of hydrogen-bond acceptors (Lipinski definition) is 2. The Kier molecular flexibility index (Phi) is 6.89. The van der Waals surface area contributed by atoms with Crippen LogP contribution < -0.4 is 11.1 Å². The van der Waals surface area contributed by atoms with Gasteiger partial charge in [0, 0.05) is 17.6 Å². The molecule has 1 aliphatic rings. The summed E-state index contributed by atoms with van der Waals surface area (Å²) in [6.07, 6.45) is 2.68. The van der Waals surface area contributed by atoms with Crippen LogP contribution >= 0.6 is 12.4 Å². The highest BCUT2D eigenvalue weighted by Gasteiger charge is 2.28. The fourth-order valence-corrected chi connectivity index (χ4v) is 3.02. The minimum absolute atomic E-state index is 0. The smallest absolute Gasteiger partial charge is 0.227 e. The van der Waals surface area contributed by atoms with Gasteiger partial charge in [0.25, 0.3) is 0 Å². The Hall–Kier alpha value is -1.06. The van der Waals surface area contributed by atoms with Gasteiger partial charge in [-0.1, -0.05) is 39.8 Å². The van der Waals surface area contributed by atoms with Gasteiger partial charge in [-0.3, -0.25) is 4.79 Å². The largest absolute Gasteiger partial charge is 0.328 e. The number of carbonyl (C=O) groups excluding carboxylic acids is 1. The molecule has 1 amide bonds. The fourth-order valence-electron chi connectivity index (χ4n) is 3.02. The molecule has 0 saturated heterocycles. The van der Waals surface area contributed by atoms with Crippen molar-refractivity contribution in [1.82, 2.24) is 0 Å². The number of carbonyl (C=O) groups is 1. The van der Waals surface area contributed by atoms with Crippen LogP contribution in [0.2, 0.25) is 0 Å². The first-order valence-corrected chi connectivity index (χ1v) is 8.08. The molecule has 0 heterocycles. The lowest BCUT2D eigenvalue weighted by Gasteiger charge is -2.18. The standard InChI is InChI=1S/C18H28N2O.ClH/c1-11(2)13-6-8-17(16(10-13)12(3)4)20-18(21)14-5-7-15(19)9-14;/h6,8,10-12,14-15H,5,7,9,19H2,1-4H3,(H,20,21);1H. The summed E-state index contributed by atoms with van der Waals surface area (Å²) in [6.45, 7) is 8.72. The molecule has 1 saturated carbocycles. The third-order valence-corrected chi connectivity index (χ3v) is 4.47. The van der Waals surface area contributed by atoms with E-state index in [1.165, 1.54) is 11.1 Å². The third kappa shape index (κ3) is 4.47. The van der Waals surface area contributed by atoms with Crippen LogP contribution in [0.25, 0.3) is 0 Å². The molecule has 0 aromatic heterocycles. The van der Waals surface area contributed by atoms with Crippen LogP contribution in [-0.2, 0) is 4.79 Å². The Morgan fingerprint density at radius 3 is 2.36 bits per heavy atom. The van der Waals surface area contributed by atoms with Crippen molar-refractivity contribution >= 4 is 24.0 Å². The second kappa shape index (κ2) is 7.98. The first-order valence-electron chi connectivity index (χ1n) is 8.08. The number of benzene rings is 1.